The van der Waals surface area contributed by atoms with Gasteiger partial charge in [-0.3, -0.25) is 4.90 Å². The van der Waals surface area contributed by atoms with Crippen molar-refractivity contribution in [3.63, 3.8) is 0 Å². The summed E-state index contributed by atoms with van der Waals surface area (Å²) in [5.41, 5.74) is 0.367. The third-order valence-corrected chi connectivity index (χ3v) is 6.02. The first kappa shape index (κ1) is 21.7. The normalized spacial score (nSPS) is 26.5. The van der Waals surface area contributed by atoms with Gasteiger partial charge in [0.1, 0.15) is 17.6 Å². The Labute approximate surface area is 177 Å². The van der Waals surface area contributed by atoms with Crippen LogP contribution in [-0.2, 0) is 17.5 Å². The fourth-order valence-electron chi connectivity index (χ4n) is 4.57. The number of fused-ring (bicyclic) bond motifs is 1. The number of likely N-dealkylation sites (tertiary alicyclic amines) is 1. The first-order valence-electron chi connectivity index (χ1n) is 10.1. The average Bonchev–Trinajstić information content (AvgIpc) is 3.34. The maximum absolute atomic E-state index is 12.7. The zero-order valence-electron chi connectivity index (χ0n) is 17.0. The summed E-state index contributed by atoms with van der Waals surface area (Å²) in [7, 11) is 1.30. The van der Waals surface area contributed by atoms with Crippen LogP contribution in [0.4, 0.5) is 13.2 Å². The molecule has 0 unspecified atom stereocenters. The summed E-state index contributed by atoms with van der Waals surface area (Å²) in [5.74, 6) is -0.193. The molecule has 2 aromatic rings. The smallest absolute Gasteiger partial charge is 0.449 e. The lowest BCUT2D eigenvalue weighted by molar-refractivity contribution is -0.153. The number of furan rings is 1. The standard InChI is InChI=1S/C22H24F3NO5/c1-29-21(28)13-3-2-4-16(7-13)30-19-9-15-11-26(10-14(15)8-18(19)27)12-17-5-6-20(31-17)22(23,24)25/h2-7,14-15,18-19,27H,8-12H2,1H3/t14-,15+,18+,19+/m0/s1. The second-order valence-corrected chi connectivity index (χ2v) is 8.19. The Hall–Kier alpha value is -2.52. The summed E-state index contributed by atoms with van der Waals surface area (Å²) in [6.45, 7) is 1.68. The van der Waals surface area contributed by atoms with E-state index in [1.165, 1.54) is 13.2 Å². The lowest BCUT2D eigenvalue weighted by atomic mass is 9.78. The molecule has 168 valence electrons. The van der Waals surface area contributed by atoms with Gasteiger partial charge in [-0.25, -0.2) is 4.79 Å². The molecule has 4 atom stereocenters. The zero-order chi connectivity index (χ0) is 22.2. The number of hydrogen-bond donors (Lipinski definition) is 1. The number of halogens is 3. The molecule has 4 rings (SSSR count). The van der Waals surface area contributed by atoms with Gasteiger partial charge in [-0.2, -0.15) is 13.2 Å². The van der Waals surface area contributed by atoms with E-state index in [2.05, 4.69) is 4.90 Å². The molecule has 2 heterocycles. The maximum atomic E-state index is 12.7. The van der Waals surface area contributed by atoms with Gasteiger partial charge < -0.3 is 19.0 Å². The van der Waals surface area contributed by atoms with Crippen LogP contribution in [-0.4, -0.2) is 48.4 Å². The van der Waals surface area contributed by atoms with Crippen molar-refractivity contribution in [2.45, 2.75) is 37.8 Å². The molecule has 2 aliphatic rings. The van der Waals surface area contributed by atoms with Gasteiger partial charge in [-0.15, -0.1) is 0 Å². The molecule has 0 amide bonds. The molecule has 0 bridgehead atoms. The molecular weight excluding hydrogens is 415 g/mol. The molecule has 9 heteroatoms. The van der Waals surface area contributed by atoms with Crippen LogP contribution in [0, 0.1) is 11.8 Å². The van der Waals surface area contributed by atoms with Crippen LogP contribution in [0.15, 0.2) is 40.8 Å². The van der Waals surface area contributed by atoms with E-state index in [1.807, 2.05) is 0 Å². The Morgan fingerprint density at radius 1 is 1.19 bits per heavy atom. The molecule has 0 radical (unpaired) electrons. The van der Waals surface area contributed by atoms with E-state index in [0.717, 1.165) is 6.07 Å². The topological polar surface area (TPSA) is 72.1 Å². The molecule has 1 aromatic carbocycles. The fourth-order valence-corrected chi connectivity index (χ4v) is 4.57. The SMILES string of the molecule is COC(=O)c1cccc(O[C@@H]2C[C@@H]3CN(Cc4ccc(C(F)(F)F)o4)C[C@@H]3C[C@H]2O)c1. The van der Waals surface area contributed by atoms with Crippen molar-refractivity contribution in [3.8, 4) is 5.75 Å². The second-order valence-electron chi connectivity index (χ2n) is 8.19. The van der Waals surface area contributed by atoms with Crippen LogP contribution in [0.2, 0.25) is 0 Å². The average molecular weight is 439 g/mol. The molecule has 6 nitrogen and oxygen atoms in total. The highest BCUT2D eigenvalue weighted by Crippen LogP contribution is 2.39. The highest BCUT2D eigenvalue weighted by atomic mass is 19.4. The fraction of sp³-hybridized carbons (Fsp3) is 0.500. The van der Waals surface area contributed by atoms with Gasteiger partial charge in [-0.05, 0) is 55.0 Å². The van der Waals surface area contributed by atoms with Crippen molar-refractivity contribution in [2.24, 2.45) is 11.8 Å². The third kappa shape index (κ3) is 4.88. The predicted molar refractivity (Wildman–Crippen MR) is 103 cm³/mol. The van der Waals surface area contributed by atoms with E-state index in [1.54, 1.807) is 24.3 Å². The van der Waals surface area contributed by atoms with Gasteiger partial charge >= 0.3 is 12.1 Å². The third-order valence-electron chi connectivity index (χ3n) is 6.02. The quantitative estimate of drug-likeness (QED) is 0.716. The molecule has 1 aliphatic heterocycles. The van der Waals surface area contributed by atoms with Gasteiger partial charge in [0.05, 0.1) is 25.3 Å². The van der Waals surface area contributed by atoms with Gasteiger partial charge in [0.2, 0.25) is 5.76 Å². The van der Waals surface area contributed by atoms with Crippen molar-refractivity contribution in [3.05, 3.63) is 53.5 Å². The van der Waals surface area contributed by atoms with Gasteiger partial charge in [0, 0.05) is 13.1 Å². The molecule has 1 saturated heterocycles. The highest BCUT2D eigenvalue weighted by Gasteiger charge is 2.43. The molecule has 1 aromatic heterocycles. The van der Waals surface area contributed by atoms with Crippen LogP contribution >= 0.6 is 0 Å². The van der Waals surface area contributed by atoms with E-state index in [4.69, 9.17) is 13.9 Å². The maximum Gasteiger partial charge on any atom is 0.449 e. The van der Waals surface area contributed by atoms with E-state index < -0.39 is 30.1 Å². The minimum Gasteiger partial charge on any atom is -0.488 e. The van der Waals surface area contributed by atoms with Crippen molar-refractivity contribution in [1.29, 1.82) is 0 Å². The number of hydrogen-bond acceptors (Lipinski definition) is 6. The number of ether oxygens (including phenoxy) is 2. The molecular formula is C22H24F3NO5. The summed E-state index contributed by atoms with van der Waals surface area (Å²) in [5, 5.41) is 10.6. The number of carbonyl (C=O) groups is 1. The van der Waals surface area contributed by atoms with Gasteiger partial charge in [0.15, 0.2) is 0 Å². The van der Waals surface area contributed by atoms with E-state index in [0.29, 0.717) is 43.8 Å². The van der Waals surface area contributed by atoms with E-state index in [9.17, 15) is 23.1 Å². The van der Waals surface area contributed by atoms with Crippen molar-refractivity contribution >= 4 is 5.97 Å². The van der Waals surface area contributed by atoms with Crippen molar-refractivity contribution in [2.75, 3.05) is 20.2 Å². The van der Waals surface area contributed by atoms with Crippen LogP contribution < -0.4 is 4.74 Å². The number of aliphatic hydroxyl groups is 1. The van der Waals surface area contributed by atoms with E-state index >= 15 is 0 Å². The van der Waals surface area contributed by atoms with Crippen LogP contribution in [0.25, 0.3) is 0 Å². The van der Waals surface area contributed by atoms with Gasteiger partial charge in [0.25, 0.3) is 0 Å². The number of aliphatic hydroxyl groups excluding tert-OH is 1. The molecule has 1 N–H and O–H groups in total. The number of carbonyl (C=O) groups excluding carboxylic acids is 1. The minimum atomic E-state index is -4.49. The minimum absolute atomic E-state index is 0.244. The largest absolute Gasteiger partial charge is 0.488 e. The number of benzene rings is 1. The summed E-state index contributed by atoms with van der Waals surface area (Å²) in [6, 6.07) is 8.94. The molecule has 1 saturated carbocycles. The number of rotatable bonds is 5. The van der Waals surface area contributed by atoms with Crippen LogP contribution in [0.5, 0.6) is 5.75 Å². The van der Waals surface area contributed by atoms with Crippen LogP contribution in [0.1, 0.15) is 34.7 Å². The molecule has 31 heavy (non-hydrogen) atoms. The van der Waals surface area contributed by atoms with E-state index in [-0.39, 0.29) is 17.6 Å². The summed E-state index contributed by atoms with van der Waals surface area (Å²) in [6.07, 6.45) is -4.40. The Kier molecular flexibility index (Phi) is 5.98. The molecule has 1 aliphatic carbocycles. The number of alkyl halides is 3. The number of esters is 1. The Morgan fingerprint density at radius 2 is 1.94 bits per heavy atom. The monoisotopic (exact) mass is 439 g/mol. The number of nitrogens with zero attached hydrogens (tertiary/aromatic N) is 1. The second kappa shape index (κ2) is 8.55. The molecule has 0 spiro atoms. The Morgan fingerprint density at radius 3 is 2.61 bits per heavy atom. The highest BCUT2D eigenvalue weighted by molar-refractivity contribution is 5.89. The summed E-state index contributed by atoms with van der Waals surface area (Å²) < 4.78 is 53.9. The van der Waals surface area contributed by atoms with Crippen LogP contribution in [0.3, 0.4) is 0 Å². The number of methoxy groups -OCH3 is 1. The summed E-state index contributed by atoms with van der Waals surface area (Å²) >= 11 is 0. The predicted octanol–water partition coefficient (Wildman–Crippen LogP) is 3.74. The summed E-state index contributed by atoms with van der Waals surface area (Å²) in [4.78, 5) is 13.8. The lowest BCUT2D eigenvalue weighted by Gasteiger charge is -2.35. The Bertz CT molecular complexity index is 928. The van der Waals surface area contributed by atoms with Gasteiger partial charge in [-0.1, -0.05) is 6.07 Å². The Balaban J connectivity index is 1.37. The van der Waals surface area contributed by atoms with Crippen molar-refractivity contribution < 1.29 is 37.0 Å². The zero-order valence-corrected chi connectivity index (χ0v) is 17.0. The first-order chi connectivity index (χ1) is 14.7. The lowest BCUT2D eigenvalue weighted by Crippen LogP contribution is -2.42. The molecule has 2 fully saturated rings. The van der Waals surface area contributed by atoms with Crippen molar-refractivity contribution in [1.82, 2.24) is 4.90 Å². The first-order valence-corrected chi connectivity index (χ1v) is 10.1.